The van der Waals surface area contributed by atoms with Crippen molar-refractivity contribution in [3.05, 3.63) is 6.07 Å². The molecule has 0 bridgehead atoms. The molecule has 6 N–H and O–H groups in total. The van der Waals surface area contributed by atoms with Gasteiger partial charge in [0.1, 0.15) is 12.2 Å². The monoisotopic (exact) mass is 275 g/mol. The van der Waals surface area contributed by atoms with Crippen molar-refractivity contribution in [1.29, 1.82) is 0 Å². The maximum atomic E-state index is 9.33. The van der Waals surface area contributed by atoms with Crippen LogP contribution in [0.25, 0.3) is 0 Å². The van der Waals surface area contributed by atoms with Gasteiger partial charge < -0.3 is 35.6 Å². The highest BCUT2D eigenvalue weighted by molar-refractivity contribution is 5.29. The average Bonchev–Trinajstić information content (AvgIpc) is 2.27. The van der Waals surface area contributed by atoms with E-state index in [-0.39, 0.29) is 17.7 Å². The first kappa shape index (κ1) is 15.4. The lowest BCUT2D eigenvalue weighted by Gasteiger charge is -2.17. The third-order valence-electron chi connectivity index (χ3n) is 2.00. The summed E-state index contributed by atoms with van der Waals surface area (Å²) in [6, 6.07) is 1.15. The Bertz CT molecular complexity index is 380. The number of nitrogen functional groups attached to an aromatic ring is 1. The Hall–Kier alpha value is -1.68. The molecule has 0 unspecified atom stereocenters. The first-order valence-corrected chi connectivity index (χ1v) is 5.49. The fourth-order valence-corrected chi connectivity index (χ4v) is 0.986. The number of hydrogen-bond acceptors (Lipinski definition) is 9. The molecule has 1 aromatic rings. The molecular formula is C10H17N3O6. The Balaban J connectivity index is 2.82. The summed E-state index contributed by atoms with van der Waals surface area (Å²) in [6.45, 7) is 2.65. The van der Waals surface area contributed by atoms with E-state index < -0.39 is 24.8 Å². The van der Waals surface area contributed by atoms with Gasteiger partial charge in [0.05, 0.1) is 6.07 Å². The number of anilines is 1. The molecule has 1 aromatic heterocycles. The van der Waals surface area contributed by atoms with Gasteiger partial charge in [-0.25, -0.2) is 0 Å². The van der Waals surface area contributed by atoms with E-state index >= 15 is 0 Å². The van der Waals surface area contributed by atoms with Gasteiger partial charge in [0, 0.05) is 0 Å². The van der Waals surface area contributed by atoms with Crippen molar-refractivity contribution < 1.29 is 29.9 Å². The second-order valence-corrected chi connectivity index (χ2v) is 3.90. The van der Waals surface area contributed by atoms with Crippen LogP contribution in [0.4, 0.5) is 5.95 Å². The van der Waals surface area contributed by atoms with Gasteiger partial charge in [-0.15, -0.1) is 0 Å². The lowest BCUT2D eigenvalue weighted by Crippen LogP contribution is -2.30. The van der Waals surface area contributed by atoms with Crippen LogP contribution in [0.15, 0.2) is 6.07 Å². The highest BCUT2D eigenvalue weighted by atomic mass is 16.6. The van der Waals surface area contributed by atoms with Gasteiger partial charge in [0.2, 0.25) is 30.3 Å². The molecule has 0 aliphatic heterocycles. The van der Waals surface area contributed by atoms with E-state index in [0.29, 0.717) is 0 Å². The predicted molar refractivity (Wildman–Crippen MR) is 63.1 cm³/mol. The molecule has 0 aliphatic rings. The molecule has 0 radical (unpaired) electrons. The molecule has 0 aromatic carbocycles. The summed E-state index contributed by atoms with van der Waals surface area (Å²) in [5.74, 6) is -0.509. The lowest BCUT2D eigenvalue weighted by atomic mass is 10.4. The number of aromatic nitrogens is 2. The minimum atomic E-state index is -1.50. The number of rotatable bonds is 6. The van der Waals surface area contributed by atoms with Crippen LogP contribution in [-0.4, -0.2) is 55.2 Å². The molecule has 1 rings (SSSR count). The SMILES string of the molecule is C[C@H](O)[C@H](O)Oc1cc(O[C@H](O)[C@H](C)O)nc(N)n1. The van der Waals surface area contributed by atoms with Crippen LogP contribution in [-0.2, 0) is 0 Å². The first-order valence-electron chi connectivity index (χ1n) is 5.49. The van der Waals surface area contributed by atoms with E-state index in [0.717, 1.165) is 6.07 Å². The molecule has 0 aliphatic carbocycles. The summed E-state index contributed by atoms with van der Waals surface area (Å²) in [5, 5.41) is 36.8. The minimum absolute atomic E-state index is 0.145. The van der Waals surface area contributed by atoms with Crippen LogP contribution < -0.4 is 15.2 Å². The second-order valence-electron chi connectivity index (χ2n) is 3.90. The van der Waals surface area contributed by atoms with Crippen molar-refractivity contribution in [1.82, 2.24) is 9.97 Å². The second kappa shape index (κ2) is 6.48. The van der Waals surface area contributed by atoms with Crippen molar-refractivity contribution in [2.45, 2.75) is 38.6 Å². The fourth-order valence-electron chi connectivity index (χ4n) is 0.986. The largest absolute Gasteiger partial charge is 0.445 e. The number of nitrogens with zero attached hydrogens (tertiary/aromatic N) is 2. The zero-order chi connectivity index (χ0) is 14.6. The Morgan fingerprint density at radius 3 is 1.63 bits per heavy atom. The van der Waals surface area contributed by atoms with E-state index in [4.69, 9.17) is 25.4 Å². The van der Waals surface area contributed by atoms with Crippen LogP contribution in [0.5, 0.6) is 11.8 Å². The molecule has 4 atom stereocenters. The molecule has 0 spiro atoms. The third-order valence-corrected chi connectivity index (χ3v) is 2.00. The molecular weight excluding hydrogens is 258 g/mol. The van der Waals surface area contributed by atoms with E-state index in [9.17, 15) is 10.2 Å². The van der Waals surface area contributed by atoms with Crippen molar-refractivity contribution in [3.8, 4) is 11.8 Å². The van der Waals surface area contributed by atoms with Crippen LogP contribution in [0.2, 0.25) is 0 Å². The van der Waals surface area contributed by atoms with Gasteiger partial charge in [0.25, 0.3) is 0 Å². The van der Waals surface area contributed by atoms with E-state index in [1.807, 2.05) is 0 Å². The predicted octanol–water partition coefficient (Wildman–Crippen LogP) is -1.79. The molecule has 0 amide bonds. The van der Waals surface area contributed by atoms with Crippen molar-refractivity contribution >= 4 is 5.95 Å². The molecule has 9 nitrogen and oxygen atoms in total. The number of hydrogen-bond donors (Lipinski definition) is 5. The summed E-state index contributed by atoms with van der Waals surface area (Å²) >= 11 is 0. The van der Waals surface area contributed by atoms with Crippen LogP contribution in [0.1, 0.15) is 13.8 Å². The molecule has 9 heteroatoms. The minimum Gasteiger partial charge on any atom is -0.445 e. The fraction of sp³-hybridized carbons (Fsp3) is 0.600. The van der Waals surface area contributed by atoms with Gasteiger partial charge in [-0.3, -0.25) is 0 Å². The molecule has 108 valence electrons. The number of aliphatic hydroxyl groups excluding tert-OH is 4. The Morgan fingerprint density at radius 1 is 0.947 bits per heavy atom. The van der Waals surface area contributed by atoms with Crippen LogP contribution >= 0.6 is 0 Å². The van der Waals surface area contributed by atoms with Gasteiger partial charge in [-0.2, -0.15) is 9.97 Å². The molecule has 19 heavy (non-hydrogen) atoms. The molecule has 0 saturated carbocycles. The maximum Gasteiger partial charge on any atom is 0.226 e. The van der Waals surface area contributed by atoms with Crippen molar-refractivity contribution in [2.24, 2.45) is 0 Å². The summed E-state index contributed by atoms with van der Waals surface area (Å²) in [4.78, 5) is 7.32. The molecule has 0 fully saturated rings. The normalized spacial score (nSPS) is 17.4. The van der Waals surface area contributed by atoms with Crippen molar-refractivity contribution in [2.75, 3.05) is 5.73 Å². The van der Waals surface area contributed by atoms with Gasteiger partial charge in [0.15, 0.2) is 0 Å². The number of aliphatic hydroxyl groups is 4. The Kier molecular flexibility index (Phi) is 5.24. The number of ether oxygens (including phenoxy) is 2. The highest BCUT2D eigenvalue weighted by Crippen LogP contribution is 2.19. The Labute approximate surface area is 109 Å². The van der Waals surface area contributed by atoms with E-state index in [1.54, 1.807) is 0 Å². The summed E-state index contributed by atoms with van der Waals surface area (Å²) in [5.41, 5.74) is 5.39. The smallest absolute Gasteiger partial charge is 0.226 e. The van der Waals surface area contributed by atoms with E-state index in [1.165, 1.54) is 13.8 Å². The van der Waals surface area contributed by atoms with E-state index in [2.05, 4.69) is 9.97 Å². The van der Waals surface area contributed by atoms with Gasteiger partial charge in [-0.1, -0.05) is 0 Å². The standard InChI is InChI=1S/C10H17N3O6/c1-4(14)8(16)18-6-3-7(13-10(11)12-6)19-9(17)5(2)15/h3-5,8-9,14-17H,1-2H3,(H2,11,12,13)/t4-,5-,8-,9+/m0/s1. The van der Waals surface area contributed by atoms with Crippen molar-refractivity contribution in [3.63, 3.8) is 0 Å². The quantitative estimate of drug-likeness (QED) is 0.379. The zero-order valence-corrected chi connectivity index (χ0v) is 10.5. The van der Waals surface area contributed by atoms with Crippen LogP contribution in [0.3, 0.4) is 0 Å². The lowest BCUT2D eigenvalue weighted by molar-refractivity contribution is -0.102. The molecule has 0 saturated heterocycles. The highest BCUT2D eigenvalue weighted by Gasteiger charge is 2.17. The molecule has 1 heterocycles. The maximum absolute atomic E-state index is 9.33. The Morgan fingerprint density at radius 2 is 1.32 bits per heavy atom. The average molecular weight is 275 g/mol. The topological polar surface area (TPSA) is 151 Å². The summed E-state index contributed by atoms with van der Waals surface area (Å²) in [7, 11) is 0. The summed E-state index contributed by atoms with van der Waals surface area (Å²) in [6.07, 6.45) is -5.26. The van der Waals surface area contributed by atoms with Gasteiger partial charge in [-0.05, 0) is 13.8 Å². The van der Waals surface area contributed by atoms with Gasteiger partial charge >= 0.3 is 0 Å². The summed E-state index contributed by atoms with van der Waals surface area (Å²) < 4.78 is 9.78. The van der Waals surface area contributed by atoms with Crippen LogP contribution in [0, 0.1) is 0 Å². The third kappa shape index (κ3) is 4.83. The first-order chi connectivity index (χ1) is 8.79. The number of nitrogens with two attached hydrogens (primary N) is 1. The zero-order valence-electron chi connectivity index (χ0n) is 10.5.